The Balaban J connectivity index is 2.02. The van der Waals surface area contributed by atoms with Gasteiger partial charge in [-0.1, -0.05) is 0 Å². The van der Waals surface area contributed by atoms with E-state index in [4.69, 9.17) is 4.74 Å². The minimum Gasteiger partial charge on any atom is -0.379 e. The number of nitrogens with one attached hydrogen (secondary N) is 1. The van der Waals surface area contributed by atoms with Crippen molar-refractivity contribution in [2.45, 2.75) is 33.3 Å². The van der Waals surface area contributed by atoms with Crippen LogP contribution in [0.5, 0.6) is 0 Å². The van der Waals surface area contributed by atoms with E-state index in [1.165, 1.54) is 16.7 Å². The molecule has 0 aliphatic rings. The third kappa shape index (κ3) is 3.78. The van der Waals surface area contributed by atoms with Crippen LogP contribution in [0.1, 0.15) is 36.5 Å². The monoisotopic (exact) mass is 293 g/mol. The number of aromatic nitrogens is 2. The highest BCUT2D eigenvalue weighted by Crippen LogP contribution is 2.13. The molecule has 0 saturated heterocycles. The molecule has 0 saturated carbocycles. The Bertz CT molecular complexity index is 637. The average molecular weight is 293 g/mol. The van der Waals surface area contributed by atoms with E-state index in [1.807, 2.05) is 13.8 Å². The van der Waals surface area contributed by atoms with Crippen LogP contribution in [0.15, 0.2) is 18.3 Å². The fraction of sp³-hybridized carbons (Fsp3) is 0.467. The van der Waals surface area contributed by atoms with Crippen molar-refractivity contribution in [3.8, 4) is 0 Å². The fourth-order valence-corrected chi connectivity index (χ4v) is 2.09. The Labute approximate surface area is 123 Å². The van der Waals surface area contributed by atoms with E-state index in [1.54, 1.807) is 13.0 Å². The van der Waals surface area contributed by atoms with Gasteiger partial charge in [0.25, 0.3) is 5.91 Å². The number of amides is 1. The highest BCUT2D eigenvalue weighted by molar-refractivity contribution is 5.94. The lowest BCUT2D eigenvalue weighted by atomic mass is 10.3. The standard InChI is InChI=1S/C15H20FN3O2/c1-10(2)21-8-4-7-17-15(20)14-11(3)18-13-6-5-12(16)9-19(13)14/h5-6,9-10H,4,7-8H2,1-3H3,(H,17,20). The lowest BCUT2D eigenvalue weighted by Gasteiger charge is -2.08. The van der Waals surface area contributed by atoms with Crippen molar-refractivity contribution in [1.29, 1.82) is 0 Å². The molecule has 2 heterocycles. The molecule has 114 valence electrons. The van der Waals surface area contributed by atoms with Crippen molar-refractivity contribution in [3.63, 3.8) is 0 Å². The number of pyridine rings is 1. The van der Waals surface area contributed by atoms with Crippen LogP contribution in [0.25, 0.3) is 5.65 Å². The van der Waals surface area contributed by atoms with Gasteiger partial charge in [0.1, 0.15) is 17.2 Å². The van der Waals surface area contributed by atoms with Crippen LogP contribution in [0.4, 0.5) is 4.39 Å². The molecular weight excluding hydrogens is 273 g/mol. The molecule has 0 fully saturated rings. The van der Waals surface area contributed by atoms with Gasteiger partial charge in [-0.3, -0.25) is 9.20 Å². The van der Waals surface area contributed by atoms with E-state index >= 15 is 0 Å². The molecule has 1 N–H and O–H groups in total. The number of rotatable bonds is 6. The summed E-state index contributed by atoms with van der Waals surface area (Å²) in [4.78, 5) is 16.5. The van der Waals surface area contributed by atoms with Crippen LogP contribution in [-0.4, -0.2) is 34.5 Å². The van der Waals surface area contributed by atoms with Gasteiger partial charge in [-0.25, -0.2) is 9.37 Å². The number of imidazole rings is 1. The SMILES string of the molecule is Cc1nc2ccc(F)cn2c1C(=O)NCCCOC(C)C. The zero-order valence-corrected chi connectivity index (χ0v) is 12.5. The molecule has 0 aliphatic heterocycles. The Morgan fingerprint density at radius 3 is 2.95 bits per heavy atom. The quantitative estimate of drug-likeness (QED) is 0.832. The molecule has 5 nitrogen and oxygen atoms in total. The fourth-order valence-electron chi connectivity index (χ4n) is 2.09. The zero-order valence-electron chi connectivity index (χ0n) is 12.5. The van der Waals surface area contributed by atoms with Crippen LogP contribution in [0.2, 0.25) is 0 Å². The summed E-state index contributed by atoms with van der Waals surface area (Å²) in [7, 11) is 0. The summed E-state index contributed by atoms with van der Waals surface area (Å²) in [5, 5.41) is 2.81. The Morgan fingerprint density at radius 1 is 1.48 bits per heavy atom. The van der Waals surface area contributed by atoms with Gasteiger partial charge in [0.05, 0.1) is 11.8 Å². The second-order valence-electron chi connectivity index (χ2n) is 5.15. The average Bonchev–Trinajstić information content (AvgIpc) is 2.73. The molecule has 2 aromatic rings. The third-order valence-corrected chi connectivity index (χ3v) is 3.03. The second kappa shape index (κ2) is 6.67. The summed E-state index contributed by atoms with van der Waals surface area (Å²) in [6.07, 6.45) is 2.19. The lowest BCUT2D eigenvalue weighted by molar-refractivity contribution is 0.0756. The first-order valence-electron chi connectivity index (χ1n) is 7.03. The van der Waals surface area contributed by atoms with E-state index in [9.17, 15) is 9.18 Å². The number of fused-ring (bicyclic) bond motifs is 1. The number of carbonyl (C=O) groups is 1. The number of nitrogens with zero attached hydrogens (tertiary/aromatic N) is 2. The first-order valence-corrected chi connectivity index (χ1v) is 7.03. The van der Waals surface area contributed by atoms with E-state index in [0.29, 0.717) is 30.2 Å². The van der Waals surface area contributed by atoms with Crippen LogP contribution < -0.4 is 5.32 Å². The smallest absolute Gasteiger partial charge is 0.270 e. The molecule has 2 aromatic heterocycles. The summed E-state index contributed by atoms with van der Waals surface area (Å²) in [5.74, 6) is -0.658. The maximum atomic E-state index is 13.3. The molecule has 0 radical (unpaired) electrons. The molecule has 0 spiro atoms. The molecule has 6 heteroatoms. The maximum absolute atomic E-state index is 13.3. The molecule has 0 atom stereocenters. The Kier molecular flexibility index (Phi) is 4.90. The van der Waals surface area contributed by atoms with Gasteiger partial charge in [0, 0.05) is 19.3 Å². The molecule has 0 bridgehead atoms. The van der Waals surface area contributed by atoms with Crippen molar-refractivity contribution in [2.75, 3.05) is 13.2 Å². The molecule has 21 heavy (non-hydrogen) atoms. The summed E-state index contributed by atoms with van der Waals surface area (Å²) in [5.41, 5.74) is 1.51. The number of hydrogen-bond donors (Lipinski definition) is 1. The largest absolute Gasteiger partial charge is 0.379 e. The van der Waals surface area contributed by atoms with Gasteiger partial charge in [-0.2, -0.15) is 0 Å². The van der Waals surface area contributed by atoms with Crippen molar-refractivity contribution in [3.05, 3.63) is 35.5 Å². The summed E-state index contributed by atoms with van der Waals surface area (Å²) in [6.45, 7) is 6.78. The van der Waals surface area contributed by atoms with Crippen molar-refractivity contribution in [2.24, 2.45) is 0 Å². The van der Waals surface area contributed by atoms with Crippen molar-refractivity contribution < 1.29 is 13.9 Å². The van der Waals surface area contributed by atoms with Crippen LogP contribution in [-0.2, 0) is 4.74 Å². The first-order chi connectivity index (χ1) is 9.99. The van der Waals surface area contributed by atoms with Gasteiger partial charge in [0.2, 0.25) is 0 Å². The van der Waals surface area contributed by atoms with Crippen LogP contribution >= 0.6 is 0 Å². The molecular formula is C15H20FN3O2. The van der Waals surface area contributed by atoms with Gasteiger partial charge in [0.15, 0.2) is 0 Å². The lowest BCUT2D eigenvalue weighted by Crippen LogP contribution is -2.27. The van der Waals surface area contributed by atoms with Crippen LogP contribution in [0, 0.1) is 12.7 Å². The second-order valence-corrected chi connectivity index (χ2v) is 5.15. The highest BCUT2D eigenvalue weighted by atomic mass is 19.1. The van der Waals surface area contributed by atoms with E-state index < -0.39 is 5.82 Å². The molecule has 1 amide bonds. The van der Waals surface area contributed by atoms with Crippen LogP contribution in [0.3, 0.4) is 0 Å². The maximum Gasteiger partial charge on any atom is 0.270 e. The third-order valence-electron chi connectivity index (χ3n) is 3.03. The summed E-state index contributed by atoms with van der Waals surface area (Å²) < 4.78 is 20.2. The van der Waals surface area contributed by atoms with E-state index in [2.05, 4.69) is 10.3 Å². The summed E-state index contributed by atoms with van der Waals surface area (Å²) in [6, 6.07) is 2.88. The molecule has 0 aromatic carbocycles. The minimum atomic E-state index is -0.403. The Morgan fingerprint density at radius 2 is 2.24 bits per heavy atom. The molecule has 2 rings (SSSR count). The highest BCUT2D eigenvalue weighted by Gasteiger charge is 2.16. The number of aryl methyl sites for hydroxylation is 1. The predicted octanol–water partition coefficient (Wildman–Crippen LogP) is 2.33. The van der Waals surface area contributed by atoms with Crippen molar-refractivity contribution >= 4 is 11.6 Å². The van der Waals surface area contributed by atoms with Crippen molar-refractivity contribution in [1.82, 2.24) is 14.7 Å². The van der Waals surface area contributed by atoms with E-state index in [0.717, 1.165) is 6.42 Å². The minimum absolute atomic E-state index is 0.185. The number of ether oxygens (including phenoxy) is 1. The van der Waals surface area contributed by atoms with Gasteiger partial charge < -0.3 is 10.1 Å². The zero-order chi connectivity index (χ0) is 15.4. The number of carbonyl (C=O) groups excluding carboxylic acids is 1. The van der Waals surface area contributed by atoms with Gasteiger partial charge >= 0.3 is 0 Å². The first kappa shape index (κ1) is 15.4. The normalized spacial score (nSPS) is 11.3. The summed E-state index contributed by atoms with van der Waals surface area (Å²) >= 11 is 0. The number of hydrogen-bond acceptors (Lipinski definition) is 3. The van der Waals surface area contributed by atoms with E-state index in [-0.39, 0.29) is 12.0 Å². The Hall–Kier alpha value is -1.95. The number of halogens is 1. The predicted molar refractivity (Wildman–Crippen MR) is 77.9 cm³/mol. The molecule has 0 aliphatic carbocycles. The molecule has 0 unspecified atom stereocenters. The van der Waals surface area contributed by atoms with Gasteiger partial charge in [-0.15, -0.1) is 0 Å². The topological polar surface area (TPSA) is 55.6 Å². The van der Waals surface area contributed by atoms with Gasteiger partial charge in [-0.05, 0) is 39.3 Å².